The van der Waals surface area contributed by atoms with E-state index in [0.717, 1.165) is 17.5 Å². The van der Waals surface area contributed by atoms with E-state index in [0.29, 0.717) is 17.0 Å². The Kier molecular flexibility index (Phi) is 3.95. The number of imide groups is 1. The van der Waals surface area contributed by atoms with Gasteiger partial charge in [0.2, 0.25) is 11.8 Å². The molecule has 0 unspecified atom stereocenters. The van der Waals surface area contributed by atoms with E-state index in [1.807, 2.05) is 32.0 Å². The standard InChI is InChI=1S/C24H21NO4/c1-13-4-3-5-14(2)21(13)29-24(28)15-8-10-18(11-9-15)25-22(26)19-16-6-7-17(12-16)20(19)23(25)27/h3-11,16-17,19-20H,12H2,1-2H3/t16-,17-,19-,20+/m1/s1. The zero-order valence-corrected chi connectivity index (χ0v) is 16.3. The van der Waals surface area contributed by atoms with Gasteiger partial charge in [0.05, 0.1) is 23.1 Å². The predicted octanol–water partition coefficient (Wildman–Crippen LogP) is 3.83. The average molecular weight is 387 g/mol. The van der Waals surface area contributed by atoms with Crippen LogP contribution >= 0.6 is 0 Å². The summed E-state index contributed by atoms with van der Waals surface area (Å²) in [7, 11) is 0. The molecule has 3 aliphatic rings. The lowest BCUT2D eigenvalue weighted by molar-refractivity contribution is -0.123. The van der Waals surface area contributed by atoms with Crippen molar-refractivity contribution in [2.75, 3.05) is 4.90 Å². The van der Waals surface area contributed by atoms with E-state index in [1.54, 1.807) is 24.3 Å². The average Bonchev–Trinajstić information content (AvgIpc) is 3.39. The molecule has 4 atom stereocenters. The molecule has 2 aromatic carbocycles. The van der Waals surface area contributed by atoms with Gasteiger partial charge in [0, 0.05) is 0 Å². The predicted molar refractivity (Wildman–Crippen MR) is 108 cm³/mol. The number of anilines is 1. The Morgan fingerprint density at radius 1 is 0.897 bits per heavy atom. The Labute approximate surface area is 169 Å². The summed E-state index contributed by atoms with van der Waals surface area (Å²) in [6, 6.07) is 12.2. The van der Waals surface area contributed by atoms with Gasteiger partial charge in [0.1, 0.15) is 5.75 Å². The number of amides is 2. The van der Waals surface area contributed by atoms with Crippen molar-refractivity contribution in [3.8, 4) is 5.75 Å². The van der Waals surface area contributed by atoms with Crippen molar-refractivity contribution >= 4 is 23.5 Å². The lowest BCUT2D eigenvalue weighted by atomic mass is 9.85. The Morgan fingerprint density at radius 3 is 2.00 bits per heavy atom. The van der Waals surface area contributed by atoms with Crippen LogP contribution in [0, 0.1) is 37.5 Å². The Bertz CT molecular complexity index is 1020. The zero-order valence-electron chi connectivity index (χ0n) is 16.3. The topological polar surface area (TPSA) is 63.7 Å². The number of fused-ring (bicyclic) bond motifs is 5. The molecule has 1 aliphatic heterocycles. The van der Waals surface area contributed by atoms with E-state index in [4.69, 9.17) is 4.74 Å². The first kappa shape index (κ1) is 17.9. The number of allylic oxidation sites excluding steroid dienone is 2. The molecule has 2 fully saturated rings. The molecule has 29 heavy (non-hydrogen) atoms. The molecule has 1 saturated heterocycles. The fraction of sp³-hybridized carbons (Fsp3) is 0.292. The van der Waals surface area contributed by atoms with Crippen LogP contribution in [-0.4, -0.2) is 17.8 Å². The second-order valence-corrected chi connectivity index (χ2v) is 8.17. The summed E-state index contributed by atoms with van der Waals surface area (Å²) in [6.07, 6.45) is 5.06. The monoisotopic (exact) mass is 387 g/mol. The number of ether oxygens (including phenoxy) is 1. The molecule has 2 bridgehead atoms. The van der Waals surface area contributed by atoms with Gasteiger partial charge in [-0.05, 0) is 67.5 Å². The van der Waals surface area contributed by atoms with Gasteiger partial charge in [-0.15, -0.1) is 0 Å². The summed E-state index contributed by atoms with van der Waals surface area (Å²) >= 11 is 0. The third-order valence-corrected chi connectivity index (χ3v) is 6.44. The SMILES string of the molecule is Cc1cccc(C)c1OC(=O)c1ccc(N2C(=O)[C@@H]3[C@H](C2=O)[C@@H]2C=C[C@@H]3C2)cc1. The number of carbonyl (C=O) groups is 3. The summed E-state index contributed by atoms with van der Waals surface area (Å²) in [4.78, 5) is 39.7. The molecule has 0 spiro atoms. The molecular weight excluding hydrogens is 366 g/mol. The van der Waals surface area contributed by atoms with Crippen LogP contribution in [0.4, 0.5) is 5.69 Å². The van der Waals surface area contributed by atoms with Crippen molar-refractivity contribution in [1.29, 1.82) is 0 Å². The molecule has 2 aromatic rings. The largest absolute Gasteiger partial charge is 0.422 e. The molecule has 146 valence electrons. The third kappa shape index (κ3) is 2.64. The van der Waals surface area contributed by atoms with Gasteiger partial charge in [-0.1, -0.05) is 30.4 Å². The van der Waals surface area contributed by atoms with E-state index < -0.39 is 5.97 Å². The van der Waals surface area contributed by atoms with Gasteiger partial charge in [-0.2, -0.15) is 0 Å². The molecular formula is C24H21NO4. The van der Waals surface area contributed by atoms with Crippen molar-refractivity contribution in [1.82, 2.24) is 0 Å². The zero-order chi connectivity index (χ0) is 20.3. The van der Waals surface area contributed by atoms with Crippen LogP contribution in [0.1, 0.15) is 27.9 Å². The van der Waals surface area contributed by atoms with E-state index in [2.05, 4.69) is 12.2 Å². The summed E-state index contributed by atoms with van der Waals surface area (Å²) in [5.41, 5.74) is 2.66. The lowest BCUT2D eigenvalue weighted by Crippen LogP contribution is -2.32. The molecule has 0 aromatic heterocycles. The normalized spacial score (nSPS) is 26.9. The minimum atomic E-state index is -0.466. The van der Waals surface area contributed by atoms with Crippen LogP contribution in [0.2, 0.25) is 0 Å². The van der Waals surface area contributed by atoms with Crippen molar-refractivity contribution in [3.63, 3.8) is 0 Å². The van der Waals surface area contributed by atoms with Crippen molar-refractivity contribution in [2.45, 2.75) is 20.3 Å². The molecule has 2 amide bonds. The lowest BCUT2D eigenvalue weighted by Gasteiger charge is -2.17. The van der Waals surface area contributed by atoms with Crippen LogP contribution in [0.15, 0.2) is 54.6 Å². The highest BCUT2D eigenvalue weighted by Crippen LogP contribution is 2.53. The number of nitrogens with zero attached hydrogens (tertiary/aromatic N) is 1. The Balaban J connectivity index is 1.36. The highest BCUT2D eigenvalue weighted by Gasteiger charge is 2.59. The first-order chi connectivity index (χ1) is 14.0. The van der Waals surface area contributed by atoms with Gasteiger partial charge in [-0.25, -0.2) is 4.79 Å². The molecule has 0 N–H and O–H groups in total. The van der Waals surface area contributed by atoms with Gasteiger partial charge in [0.25, 0.3) is 0 Å². The Morgan fingerprint density at radius 2 is 1.45 bits per heavy atom. The summed E-state index contributed by atoms with van der Waals surface area (Å²) < 4.78 is 5.57. The number of rotatable bonds is 3. The minimum absolute atomic E-state index is 0.122. The van der Waals surface area contributed by atoms with Crippen LogP contribution in [-0.2, 0) is 9.59 Å². The number of benzene rings is 2. The van der Waals surface area contributed by atoms with Crippen molar-refractivity contribution in [2.24, 2.45) is 23.7 Å². The minimum Gasteiger partial charge on any atom is -0.422 e. The molecule has 5 nitrogen and oxygen atoms in total. The maximum atomic E-state index is 12.9. The fourth-order valence-corrected chi connectivity index (χ4v) is 5.02. The van der Waals surface area contributed by atoms with Crippen LogP contribution in [0.3, 0.4) is 0 Å². The van der Waals surface area contributed by atoms with E-state index in [1.165, 1.54) is 4.90 Å². The van der Waals surface area contributed by atoms with Crippen molar-refractivity contribution in [3.05, 3.63) is 71.3 Å². The van der Waals surface area contributed by atoms with Crippen molar-refractivity contribution < 1.29 is 19.1 Å². The highest BCUT2D eigenvalue weighted by atomic mass is 16.5. The van der Waals surface area contributed by atoms with E-state index in [9.17, 15) is 14.4 Å². The van der Waals surface area contributed by atoms with Crippen LogP contribution in [0.25, 0.3) is 0 Å². The maximum Gasteiger partial charge on any atom is 0.343 e. The molecule has 5 heteroatoms. The van der Waals surface area contributed by atoms with Crippen LogP contribution in [0.5, 0.6) is 5.75 Å². The van der Waals surface area contributed by atoms with Gasteiger partial charge < -0.3 is 4.74 Å². The summed E-state index contributed by atoms with van der Waals surface area (Å²) in [5, 5.41) is 0. The number of hydrogen-bond acceptors (Lipinski definition) is 4. The number of carbonyl (C=O) groups excluding carboxylic acids is 3. The molecule has 1 heterocycles. The van der Waals surface area contributed by atoms with E-state index in [-0.39, 0.29) is 35.5 Å². The Hall–Kier alpha value is -3.21. The number of para-hydroxylation sites is 1. The molecule has 0 radical (unpaired) electrons. The quantitative estimate of drug-likeness (QED) is 0.347. The second-order valence-electron chi connectivity index (χ2n) is 8.17. The second kappa shape index (κ2) is 6.41. The van der Waals surface area contributed by atoms with Gasteiger partial charge in [-0.3, -0.25) is 14.5 Å². The molecule has 5 rings (SSSR count). The summed E-state index contributed by atoms with van der Waals surface area (Å²) in [5.74, 6) is -0.256. The summed E-state index contributed by atoms with van der Waals surface area (Å²) in [6.45, 7) is 3.78. The highest BCUT2D eigenvalue weighted by molar-refractivity contribution is 6.22. The molecule has 1 saturated carbocycles. The number of aryl methyl sites for hydroxylation is 2. The van der Waals surface area contributed by atoms with Gasteiger partial charge in [0.15, 0.2) is 0 Å². The van der Waals surface area contributed by atoms with E-state index >= 15 is 0 Å². The molecule has 2 aliphatic carbocycles. The first-order valence-electron chi connectivity index (χ1n) is 9.90. The third-order valence-electron chi connectivity index (χ3n) is 6.44. The number of hydrogen-bond donors (Lipinski definition) is 0. The maximum absolute atomic E-state index is 12.9. The van der Waals surface area contributed by atoms with Gasteiger partial charge >= 0.3 is 5.97 Å². The number of esters is 1. The smallest absolute Gasteiger partial charge is 0.343 e. The van der Waals surface area contributed by atoms with Crippen LogP contribution < -0.4 is 9.64 Å². The fourth-order valence-electron chi connectivity index (χ4n) is 5.02. The first-order valence-corrected chi connectivity index (χ1v) is 9.90.